The predicted octanol–water partition coefficient (Wildman–Crippen LogP) is 3.06. The zero-order valence-electron chi connectivity index (χ0n) is 5.56. The van der Waals surface area contributed by atoms with Crippen molar-refractivity contribution < 1.29 is 0 Å². The molecule has 3 heteroatoms. The van der Waals surface area contributed by atoms with Crippen LogP contribution < -0.4 is 0 Å². The van der Waals surface area contributed by atoms with Gasteiger partial charge in [-0.1, -0.05) is 18.5 Å². The van der Waals surface area contributed by atoms with Crippen molar-refractivity contribution in [1.29, 1.82) is 0 Å². The van der Waals surface area contributed by atoms with Crippen LogP contribution in [0, 0.1) is 0 Å². The molecule has 0 aliphatic rings. The van der Waals surface area contributed by atoms with Crippen molar-refractivity contribution in [1.82, 2.24) is 4.98 Å². The zero-order valence-corrected chi connectivity index (χ0v) is 7.91. The third-order valence-electron chi connectivity index (χ3n) is 1.30. The van der Waals surface area contributed by atoms with Gasteiger partial charge in [0.15, 0.2) is 0 Å². The maximum absolute atomic E-state index is 5.86. The molecule has 0 saturated carbocycles. The summed E-state index contributed by atoms with van der Waals surface area (Å²) in [5, 5.41) is 0.782. The number of hydrogen-bond donors (Lipinski definition) is 0. The average molecular weight is 220 g/mol. The van der Waals surface area contributed by atoms with Gasteiger partial charge in [-0.3, -0.25) is 0 Å². The molecule has 1 heterocycles. The standard InChI is InChI=1S/C7H7BrClN/c1-2-5-6(9)3-4-10-7(5)8/h3-4H,2H2,1H3. The highest BCUT2D eigenvalue weighted by Gasteiger charge is 2.01. The second kappa shape index (κ2) is 3.35. The van der Waals surface area contributed by atoms with Crippen LogP contribution in [0.15, 0.2) is 16.9 Å². The number of pyridine rings is 1. The summed E-state index contributed by atoms with van der Waals surface area (Å²) in [6, 6.07) is 1.80. The van der Waals surface area contributed by atoms with Gasteiger partial charge in [-0.25, -0.2) is 4.98 Å². The van der Waals surface area contributed by atoms with E-state index in [2.05, 4.69) is 20.9 Å². The molecule has 0 aliphatic heterocycles. The number of nitrogens with zero attached hydrogens (tertiary/aromatic N) is 1. The molecule has 0 unspecified atom stereocenters. The van der Waals surface area contributed by atoms with Crippen molar-refractivity contribution in [2.75, 3.05) is 0 Å². The molecule has 0 aromatic carbocycles. The lowest BCUT2D eigenvalue weighted by Crippen LogP contribution is -1.86. The van der Waals surface area contributed by atoms with Crippen molar-refractivity contribution in [2.24, 2.45) is 0 Å². The monoisotopic (exact) mass is 219 g/mol. The minimum atomic E-state index is 0.782. The molecule has 0 spiro atoms. The van der Waals surface area contributed by atoms with Gasteiger partial charge in [-0.2, -0.15) is 0 Å². The highest BCUT2D eigenvalue weighted by molar-refractivity contribution is 9.10. The smallest absolute Gasteiger partial charge is 0.110 e. The van der Waals surface area contributed by atoms with Gasteiger partial charge in [0.1, 0.15) is 4.60 Å². The normalized spacial score (nSPS) is 9.90. The van der Waals surface area contributed by atoms with Crippen molar-refractivity contribution in [2.45, 2.75) is 13.3 Å². The Kier molecular flexibility index (Phi) is 2.69. The maximum Gasteiger partial charge on any atom is 0.110 e. The van der Waals surface area contributed by atoms with Crippen molar-refractivity contribution in [3.63, 3.8) is 0 Å². The number of rotatable bonds is 1. The lowest BCUT2D eigenvalue weighted by Gasteiger charge is -2.00. The minimum absolute atomic E-state index is 0.782. The van der Waals surface area contributed by atoms with E-state index in [0.717, 1.165) is 21.6 Å². The molecule has 54 valence electrons. The van der Waals surface area contributed by atoms with Crippen LogP contribution in [0.5, 0.6) is 0 Å². The SMILES string of the molecule is CCc1c(Cl)ccnc1Br. The summed E-state index contributed by atoms with van der Waals surface area (Å²) >= 11 is 9.17. The first-order valence-corrected chi connectivity index (χ1v) is 4.21. The summed E-state index contributed by atoms with van der Waals surface area (Å²) in [6.07, 6.45) is 2.60. The molecule has 0 atom stereocenters. The van der Waals surface area contributed by atoms with Crippen molar-refractivity contribution in [3.05, 3.63) is 27.5 Å². The van der Waals surface area contributed by atoms with Crippen LogP contribution in [0.2, 0.25) is 5.02 Å². The van der Waals surface area contributed by atoms with E-state index < -0.39 is 0 Å². The van der Waals surface area contributed by atoms with Crippen LogP contribution >= 0.6 is 27.5 Å². The molecule has 1 aromatic rings. The molecule has 0 radical (unpaired) electrons. The molecular formula is C7H7BrClN. The number of hydrogen-bond acceptors (Lipinski definition) is 1. The lowest BCUT2D eigenvalue weighted by atomic mass is 10.2. The molecule has 0 N–H and O–H groups in total. The van der Waals surface area contributed by atoms with Gasteiger partial charge >= 0.3 is 0 Å². The van der Waals surface area contributed by atoms with E-state index in [1.54, 1.807) is 12.3 Å². The molecular weight excluding hydrogens is 213 g/mol. The zero-order chi connectivity index (χ0) is 7.56. The fourth-order valence-corrected chi connectivity index (χ4v) is 1.77. The first-order chi connectivity index (χ1) is 4.75. The first kappa shape index (κ1) is 8.02. The van der Waals surface area contributed by atoms with E-state index in [4.69, 9.17) is 11.6 Å². The van der Waals surface area contributed by atoms with Gasteiger partial charge < -0.3 is 0 Å². The summed E-state index contributed by atoms with van der Waals surface area (Å²) in [4.78, 5) is 4.04. The lowest BCUT2D eigenvalue weighted by molar-refractivity contribution is 1.08. The Morgan fingerprint density at radius 1 is 1.70 bits per heavy atom. The van der Waals surface area contributed by atoms with Gasteiger partial charge in [-0.05, 0) is 28.4 Å². The second-order valence-electron chi connectivity index (χ2n) is 1.92. The number of halogens is 2. The highest BCUT2D eigenvalue weighted by atomic mass is 79.9. The average Bonchev–Trinajstić information content (AvgIpc) is 1.88. The minimum Gasteiger partial charge on any atom is -0.249 e. The molecule has 1 aromatic heterocycles. The van der Waals surface area contributed by atoms with Gasteiger partial charge in [0.05, 0.1) is 0 Å². The first-order valence-electron chi connectivity index (χ1n) is 3.04. The molecule has 0 aliphatic carbocycles. The van der Waals surface area contributed by atoms with Gasteiger partial charge in [0.25, 0.3) is 0 Å². The van der Waals surface area contributed by atoms with Crippen molar-refractivity contribution in [3.8, 4) is 0 Å². The fraction of sp³-hybridized carbons (Fsp3) is 0.286. The van der Waals surface area contributed by atoms with Gasteiger partial charge in [0, 0.05) is 16.8 Å². The topological polar surface area (TPSA) is 12.9 Å². The van der Waals surface area contributed by atoms with E-state index in [-0.39, 0.29) is 0 Å². The third-order valence-corrected chi connectivity index (χ3v) is 2.34. The molecule has 1 rings (SSSR count). The van der Waals surface area contributed by atoms with Gasteiger partial charge in [-0.15, -0.1) is 0 Å². The van der Waals surface area contributed by atoms with E-state index in [0.29, 0.717) is 0 Å². The highest BCUT2D eigenvalue weighted by Crippen LogP contribution is 2.22. The molecule has 0 fully saturated rings. The molecule has 1 nitrogen and oxygen atoms in total. The van der Waals surface area contributed by atoms with Crippen LogP contribution in [0.1, 0.15) is 12.5 Å². The number of aromatic nitrogens is 1. The van der Waals surface area contributed by atoms with Crippen LogP contribution in [0.3, 0.4) is 0 Å². The van der Waals surface area contributed by atoms with E-state index >= 15 is 0 Å². The van der Waals surface area contributed by atoms with Gasteiger partial charge in [0.2, 0.25) is 0 Å². The van der Waals surface area contributed by atoms with E-state index in [1.807, 2.05) is 6.92 Å². The van der Waals surface area contributed by atoms with Crippen LogP contribution in [0.25, 0.3) is 0 Å². The van der Waals surface area contributed by atoms with Crippen LogP contribution in [-0.2, 0) is 6.42 Å². The molecule has 0 bridgehead atoms. The van der Waals surface area contributed by atoms with E-state index in [1.165, 1.54) is 0 Å². The molecule has 0 saturated heterocycles. The Morgan fingerprint density at radius 3 is 2.80 bits per heavy atom. The summed E-state index contributed by atoms with van der Waals surface area (Å²) in [7, 11) is 0. The van der Waals surface area contributed by atoms with Crippen LogP contribution in [-0.4, -0.2) is 4.98 Å². The van der Waals surface area contributed by atoms with Crippen molar-refractivity contribution >= 4 is 27.5 Å². The molecule has 0 amide bonds. The summed E-state index contributed by atoms with van der Waals surface area (Å²) in [5.41, 5.74) is 1.07. The summed E-state index contributed by atoms with van der Waals surface area (Å²) in [5.74, 6) is 0. The largest absolute Gasteiger partial charge is 0.249 e. The predicted molar refractivity (Wildman–Crippen MR) is 46.3 cm³/mol. The Bertz CT molecular complexity index is 217. The Hall–Kier alpha value is -0.0800. The quantitative estimate of drug-likeness (QED) is 0.663. The van der Waals surface area contributed by atoms with E-state index in [9.17, 15) is 0 Å². The second-order valence-corrected chi connectivity index (χ2v) is 3.07. The molecule has 10 heavy (non-hydrogen) atoms. The van der Waals surface area contributed by atoms with Crippen LogP contribution in [0.4, 0.5) is 0 Å². The summed E-state index contributed by atoms with van der Waals surface area (Å²) < 4.78 is 0.850. The Balaban J connectivity index is 3.17. The third kappa shape index (κ3) is 1.50. The Morgan fingerprint density at radius 2 is 2.40 bits per heavy atom. The summed E-state index contributed by atoms with van der Waals surface area (Å²) in [6.45, 7) is 2.05. The maximum atomic E-state index is 5.86. The fourth-order valence-electron chi connectivity index (χ4n) is 0.760. The Labute approximate surface area is 73.6 Å².